The third-order valence-corrected chi connectivity index (χ3v) is 2.87. The van der Waals surface area contributed by atoms with Gasteiger partial charge in [0.2, 0.25) is 0 Å². The topological polar surface area (TPSA) is 32.7 Å². The molecule has 0 saturated heterocycles. The normalized spacial score (nSPS) is 12.8. The third kappa shape index (κ3) is 6.03. The molecule has 0 aliphatic carbocycles. The Morgan fingerprint density at radius 2 is 1.78 bits per heavy atom. The molecule has 0 spiro atoms. The molecule has 1 rings (SSSR count). The van der Waals surface area contributed by atoms with Crippen molar-refractivity contribution in [3.8, 4) is 5.75 Å². The molecule has 0 aliphatic rings. The van der Waals surface area contributed by atoms with Gasteiger partial charge in [0.25, 0.3) is 0 Å². The molecule has 3 nitrogen and oxygen atoms in total. The van der Waals surface area contributed by atoms with E-state index in [-0.39, 0.29) is 6.10 Å². The van der Waals surface area contributed by atoms with Crippen LogP contribution in [0.15, 0.2) is 18.2 Å². The first kappa shape index (κ1) is 15.0. The summed E-state index contributed by atoms with van der Waals surface area (Å²) in [6, 6.07) is 6.26. The Hall–Kier alpha value is -1.06. The minimum absolute atomic E-state index is 0.229. The van der Waals surface area contributed by atoms with Crippen molar-refractivity contribution in [1.82, 2.24) is 4.90 Å². The Morgan fingerprint density at radius 1 is 1.17 bits per heavy atom. The molecule has 0 heterocycles. The largest absolute Gasteiger partial charge is 0.492 e. The maximum atomic E-state index is 9.21. The Bertz CT molecular complexity index is 343. The van der Waals surface area contributed by atoms with Crippen LogP contribution in [0.1, 0.15) is 24.5 Å². The fourth-order valence-electron chi connectivity index (χ4n) is 1.85. The van der Waals surface area contributed by atoms with Crippen molar-refractivity contribution in [3.05, 3.63) is 29.3 Å². The van der Waals surface area contributed by atoms with Crippen molar-refractivity contribution in [2.45, 2.75) is 33.3 Å². The number of rotatable bonds is 7. The summed E-state index contributed by atoms with van der Waals surface area (Å²) in [5.41, 5.74) is 2.46. The molecular formula is C15H25NO2. The predicted molar refractivity (Wildman–Crippen MR) is 75.2 cm³/mol. The van der Waals surface area contributed by atoms with E-state index in [1.807, 2.05) is 14.0 Å². The minimum Gasteiger partial charge on any atom is -0.492 e. The second-order valence-corrected chi connectivity index (χ2v) is 5.11. The van der Waals surface area contributed by atoms with E-state index in [0.29, 0.717) is 6.61 Å². The number of aliphatic hydroxyl groups is 1. The van der Waals surface area contributed by atoms with Crippen molar-refractivity contribution in [3.63, 3.8) is 0 Å². The summed E-state index contributed by atoms with van der Waals surface area (Å²) in [5, 5.41) is 9.21. The number of hydrogen-bond donors (Lipinski definition) is 1. The summed E-state index contributed by atoms with van der Waals surface area (Å²) in [4.78, 5) is 2.18. The number of aryl methyl sites for hydroxylation is 2. The number of ether oxygens (including phenoxy) is 1. The van der Waals surface area contributed by atoms with Gasteiger partial charge in [0, 0.05) is 13.1 Å². The molecule has 0 aromatic heterocycles. The van der Waals surface area contributed by atoms with Gasteiger partial charge in [0.1, 0.15) is 12.4 Å². The zero-order valence-electron chi connectivity index (χ0n) is 11.9. The van der Waals surface area contributed by atoms with E-state index in [4.69, 9.17) is 4.74 Å². The maximum absolute atomic E-state index is 9.21. The highest BCUT2D eigenvalue weighted by molar-refractivity contribution is 5.32. The molecule has 3 heteroatoms. The number of nitrogens with zero attached hydrogens (tertiary/aromatic N) is 1. The lowest BCUT2D eigenvalue weighted by atomic mass is 10.1. The zero-order chi connectivity index (χ0) is 13.5. The molecule has 0 fully saturated rings. The smallest absolute Gasteiger partial charge is 0.119 e. The highest BCUT2D eigenvalue weighted by Crippen LogP contribution is 2.15. The van der Waals surface area contributed by atoms with Gasteiger partial charge in [-0.1, -0.05) is 6.07 Å². The highest BCUT2D eigenvalue weighted by Gasteiger charge is 2.02. The van der Waals surface area contributed by atoms with Crippen molar-refractivity contribution in [2.24, 2.45) is 0 Å². The average molecular weight is 251 g/mol. The van der Waals surface area contributed by atoms with Crippen LogP contribution < -0.4 is 4.74 Å². The Kier molecular flexibility index (Phi) is 6.16. The monoisotopic (exact) mass is 251 g/mol. The van der Waals surface area contributed by atoms with E-state index in [1.165, 1.54) is 11.1 Å². The Morgan fingerprint density at radius 3 is 2.33 bits per heavy atom. The van der Waals surface area contributed by atoms with Crippen LogP contribution in [-0.4, -0.2) is 42.9 Å². The van der Waals surface area contributed by atoms with Gasteiger partial charge in [0.05, 0.1) is 6.10 Å². The molecule has 1 aromatic carbocycles. The van der Waals surface area contributed by atoms with Crippen LogP contribution in [0.4, 0.5) is 0 Å². The molecule has 1 N–H and O–H groups in total. The van der Waals surface area contributed by atoms with Gasteiger partial charge in [-0.2, -0.15) is 0 Å². The van der Waals surface area contributed by atoms with Crippen LogP contribution in [0.2, 0.25) is 0 Å². The first-order valence-corrected chi connectivity index (χ1v) is 6.55. The fourth-order valence-corrected chi connectivity index (χ4v) is 1.85. The van der Waals surface area contributed by atoms with E-state index in [0.717, 1.165) is 25.3 Å². The molecule has 18 heavy (non-hydrogen) atoms. The van der Waals surface area contributed by atoms with Crippen LogP contribution >= 0.6 is 0 Å². The van der Waals surface area contributed by atoms with Crippen LogP contribution in [-0.2, 0) is 0 Å². The van der Waals surface area contributed by atoms with Crippen LogP contribution in [0.25, 0.3) is 0 Å². The number of hydrogen-bond acceptors (Lipinski definition) is 3. The van der Waals surface area contributed by atoms with Crippen molar-refractivity contribution < 1.29 is 9.84 Å². The van der Waals surface area contributed by atoms with Gasteiger partial charge in [-0.15, -0.1) is 0 Å². The summed E-state index contributed by atoms with van der Waals surface area (Å²) in [6.45, 7) is 8.43. The summed E-state index contributed by atoms with van der Waals surface area (Å²) in [6.07, 6.45) is 0.577. The summed E-state index contributed by atoms with van der Waals surface area (Å²) >= 11 is 0. The Labute approximate surface area is 110 Å². The van der Waals surface area contributed by atoms with E-state index in [1.54, 1.807) is 0 Å². The second-order valence-electron chi connectivity index (χ2n) is 5.11. The van der Waals surface area contributed by atoms with E-state index in [2.05, 4.69) is 36.9 Å². The first-order valence-electron chi connectivity index (χ1n) is 6.55. The van der Waals surface area contributed by atoms with E-state index in [9.17, 15) is 5.11 Å². The summed E-state index contributed by atoms with van der Waals surface area (Å²) < 4.78 is 5.74. The minimum atomic E-state index is -0.229. The first-order chi connectivity index (χ1) is 8.47. The van der Waals surface area contributed by atoms with Crippen LogP contribution in [0, 0.1) is 13.8 Å². The number of benzene rings is 1. The highest BCUT2D eigenvalue weighted by atomic mass is 16.5. The quantitative estimate of drug-likeness (QED) is 0.807. The summed E-state index contributed by atoms with van der Waals surface area (Å²) in [7, 11) is 2.05. The van der Waals surface area contributed by atoms with Crippen molar-refractivity contribution in [2.75, 3.05) is 26.7 Å². The molecule has 0 saturated carbocycles. The lowest BCUT2D eigenvalue weighted by Gasteiger charge is -2.18. The molecular weight excluding hydrogens is 226 g/mol. The molecule has 1 unspecified atom stereocenters. The molecule has 0 amide bonds. The number of likely N-dealkylation sites (N-methyl/N-ethyl adjacent to an activating group) is 1. The van der Waals surface area contributed by atoms with Crippen LogP contribution in [0.3, 0.4) is 0 Å². The van der Waals surface area contributed by atoms with Gasteiger partial charge < -0.3 is 14.7 Å². The van der Waals surface area contributed by atoms with Gasteiger partial charge in [-0.25, -0.2) is 0 Å². The fraction of sp³-hybridized carbons (Fsp3) is 0.600. The molecule has 0 bridgehead atoms. The molecule has 0 radical (unpaired) electrons. The van der Waals surface area contributed by atoms with Gasteiger partial charge in [0.15, 0.2) is 0 Å². The summed E-state index contributed by atoms with van der Waals surface area (Å²) in [5.74, 6) is 0.941. The zero-order valence-corrected chi connectivity index (χ0v) is 11.9. The number of aliphatic hydroxyl groups excluding tert-OH is 1. The molecule has 102 valence electrons. The Balaban J connectivity index is 2.28. The van der Waals surface area contributed by atoms with Gasteiger partial charge in [-0.3, -0.25) is 0 Å². The van der Waals surface area contributed by atoms with E-state index < -0.39 is 0 Å². The lowest BCUT2D eigenvalue weighted by Crippen LogP contribution is -2.27. The van der Waals surface area contributed by atoms with E-state index >= 15 is 0 Å². The standard InChI is InChI=1S/C15H25NO2/c1-12-9-13(2)11-15(10-12)18-8-7-16(4)6-5-14(3)17/h9-11,14,17H,5-8H2,1-4H3. The maximum Gasteiger partial charge on any atom is 0.119 e. The van der Waals surface area contributed by atoms with Crippen LogP contribution in [0.5, 0.6) is 5.75 Å². The van der Waals surface area contributed by atoms with Gasteiger partial charge >= 0.3 is 0 Å². The molecule has 0 aliphatic heterocycles. The average Bonchev–Trinajstić information content (AvgIpc) is 2.25. The van der Waals surface area contributed by atoms with Gasteiger partial charge in [-0.05, 0) is 57.5 Å². The molecule has 1 aromatic rings. The van der Waals surface area contributed by atoms with Crippen molar-refractivity contribution in [1.29, 1.82) is 0 Å². The lowest BCUT2D eigenvalue weighted by molar-refractivity contribution is 0.157. The molecule has 1 atom stereocenters. The SMILES string of the molecule is Cc1cc(C)cc(OCCN(C)CCC(C)O)c1. The third-order valence-electron chi connectivity index (χ3n) is 2.87. The predicted octanol–water partition coefficient (Wildman–Crippen LogP) is 2.38. The van der Waals surface area contributed by atoms with Crippen molar-refractivity contribution >= 4 is 0 Å². The second kappa shape index (κ2) is 7.39.